The molecule has 1 amide bonds. The van der Waals surface area contributed by atoms with Crippen LogP contribution < -0.4 is 16.6 Å². The normalized spacial score (nSPS) is 12.4. The minimum Gasteiger partial charge on any atom is -0.417 e. The van der Waals surface area contributed by atoms with Crippen molar-refractivity contribution in [3.8, 4) is 11.4 Å². The second kappa shape index (κ2) is 11.6. The second-order valence-electron chi connectivity index (χ2n) is 11.3. The van der Waals surface area contributed by atoms with Crippen LogP contribution >= 0.6 is 0 Å². The number of carbonyl (C=O) groups is 2. The zero-order valence-corrected chi connectivity index (χ0v) is 24.7. The first-order valence-electron chi connectivity index (χ1n) is 13.9. The summed E-state index contributed by atoms with van der Waals surface area (Å²) in [5.74, 6) is -1.12. The summed E-state index contributed by atoms with van der Waals surface area (Å²) in [5.41, 5.74) is 7.36. The average molecular weight is 580 g/mol. The predicted molar refractivity (Wildman–Crippen MR) is 162 cm³/mol. The molecule has 0 aliphatic carbocycles. The lowest BCUT2D eigenvalue weighted by molar-refractivity contribution is -0.122. The maximum atomic E-state index is 13.6. The number of nitrogens with zero attached hydrogens (tertiary/aromatic N) is 5. The molecule has 0 fully saturated rings. The highest BCUT2D eigenvalue weighted by molar-refractivity contribution is 5.98. The predicted octanol–water partition coefficient (Wildman–Crippen LogP) is 4.08. The lowest BCUT2D eigenvalue weighted by Gasteiger charge is -2.22. The lowest BCUT2D eigenvalue weighted by Crippen LogP contribution is -2.46. The van der Waals surface area contributed by atoms with E-state index in [0.717, 1.165) is 16.5 Å². The van der Waals surface area contributed by atoms with Crippen molar-refractivity contribution in [1.82, 2.24) is 30.0 Å². The van der Waals surface area contributed by atoms with E-state index >= 15 is 0 Å². The van der Waals surface area contributed by atoms with E-state index in [-0.39, 0.29) is 23.4 Å². The fraction of sp³-hybridized carbons (Fsp3) is 0.281. The van der Waals surface area contributed by atoms with Crippen molar-refractivity contribution >= 4 is 28.3 Å². The van der Waals surface area contributed by atoms with E-state index in [1.165, 1.54) is 4.57 Å². The van der Waals surface area contributed by atoms with Crippen LogP contribution in [0.1, 0.15) is 55.5 Å². The number of fused-ring (bicyclic) bond motifs is 1. The van der Waals surface area contributed by atoms with Gasteiger partial charge >= 0.3 is 0 Å². The number of aryl methyl sites for hydroxylation is 1. The molecule has 0 spiro atoms. The summed E-state index contributed by atoms with van der Waals surface area (Å²) in [4.78, 5) is 48.9. The highest BCUT2D eigenvalue weighted by Gasteiger charge is 2.34. The number of aromatic nitrogens is 5. The van der Waals surface area contributed by atoms with Gasteiger partial charge in [-0.2, -0.15) is 0 Å². The largest absolute Gasteiger partial charge is 0.417 e. The van der Waals surface area contributed by atoms with Crippen molar-refractivity contribution in [2.75, 3.05) is 5.73 Å². The molecular weight excluding hydrogens is 546 g/mol. The van der Waals surface area contributed by atoms with E-state index in [1.54, 1.807) is 39.1 Å². The molecule has 0 unspecified atom stereocenters. The van der Waals surface area contributed by atoms with Crippen LogP contribution in [0.4, 0.5) is 5.69 Å². The number of carbonyl (C=O) groups excluding carboxylic acids is 2. The second-order valence-corrected chi connectivity index (χ2v) is 11.3. The van der Waals surface area contributed by atoms with Crippen molar-refractivity contribution < 1.29 is 14.0 Å². The van der Waals surface area contributed by atoms with Crippen LogP contribution in [-0.2, 0) is 16.8 Å². The molecule has 43 heavy (non-hydrogen) atoms. The van der Waals surface area contributed by atoms with Crippen LogP contribution in [0.5, 0.6) is 0 Å². The highest BCUT2D eigenvalue weighted by Crippen LogP contribution is 2.32. The molecule has 3 heterocycles. The minimum atomic E-state index is -0.988. The summed E-state index contributed by atoms with van der Waals surface area (Å²) >= 11 is 0. The number of nitrogens with two attached hydrogens (primary N) is 1. The minimum absolute atomic E-state index is 0.0495. The summed E-state index contributed by atoms with van der Waals surface area (Å²) in [6, 6.07) is 17.8. The van der Waals surface area contributed by atoms with Gasteiger partial charge in [-0.05, 0) is 44.4 Å². The average Bonchev–Trinajstić information content (AvgIpc) is 3.51. The molecule has 0 aliphatic heterocycles. The number of hydrogen-bond donors (Lipinski definition) is 2. The van der Waals surface area contributed by atoms with Gasteiger partial charge in [-0.15, -0.1) is 10.2 Å². The van der Waals surface area contributed by atoms with Gasteiger partial charge in [0.05, 0.1) is 22.7 Å². The number of pyridine rings is 1. The summed E-state index contributed by atoms with van der Waals surface area (Å²) in [7, 11) is 0. The van der Waals surface area contributed by atoms with Gasteiger partial charge in [0.25, 0.3) is 11.4 Å². The van der Waals surface area contributed by atoms with Gasteiger partial charge in [0, 0.05) is 17.1 Å². The van der Waals surface area contributed by atoms with E-state index in [0.29, 0.717) is 17.1 Å². The van der Waals surface area contributed by atoms with Gasteiger partial charge in [-0.3, -0.25) is 23.9 Å². The monoisotopic (exact) mass is 579 g/mol. The standard InChI is InChI=1S/C32H33N7O4/c1-18(2)26(36-24(40)17-39-28(20-11-7-6-8-12-20)35-19(3)25(33)30(39)42)27(41)29-37-38-31(43-29)32(4,5)22-15-21-13-9-10-14-23(21)34-16-22/h6-16,18,26H,17,33H2,1-5H3,(H,36,40)/t26-/m0/s1. The number of nitrogens with one attached hydrogen (secondary N) is 1. The number of amides is 1. The van der Waals surface area contributed by atoms with Crippen molar-refractivity contribution in [2.45, 2.75) is 52.6 Å². The fourth-order valence-corrected chi connectivity index (χ4v) is 4.77. The Balaban J connectivity index is 1.38. The molecule has 3 aromatic heterocycles. The number of para-hydroxylation sites is 1. The van der Waals surface area contributed by atoms with Gasteiger partial charge in [0.2, 0.25) is 17.6 Å². The van der Waals surface area contributed by atoms with Crippen molar-refractivity contribution in [2.24, 2.45) is 5.92 Å². The van der Waals surface area contributed by atoms with E-state index in [2.05, 4.69) is 25.5 Å². The Hall–Kier alpha value is -5.19. The smallest absolute Gasteiger partial charge is 0.286 e. The number of Topliss-reactive ketones (excluding diaryl/α,β-unsaturated/α-hetero) is 1. The van der Waals surface area contributed by atoms with Gasteiger partial charge in [0.15, 0.2) is 0 Å². The van der Waals surface area contributed by atoms with Gasteiger partial charge in [0.1, 0.15) is 18.1 Å². The molecule has 0 radical (unpaired) electrons. The Morgan fingerprint density at radius 1 is 1.05 bits per heavy atom. The first-order valence-corrected chi connectivity index (χ1v) is 13.9. The molecule has 3 N–H and O–H groups in total. The Labute approximate surface area is 248 Å². The molecule has 220 valence electrons. The number of anilines is 1. The van der Waals surface area contributed by atoms with Crippen LogP contribution in [0.25, 0.3) is 22.3 Å². The van der Waals surface area contributed by atoms with E-state index in [4.69, 9.17) is 10.2 Å². The quantitative estimate of drug-likeness (QED) is 0.245. The fourth-order valence-electron chi connectivity index (χ4n) is 4.77. The first kappa shape index (κ1) is 29.3. The van der Waals surface area contributed by atoms with E-state index < -0.39 is 35.3 Å². The van der Waals surface area contributed by atoms with Crippen LogP contribution in [0, 0.1) is 12.8 Å². The zero-order chi connectivity index (χ0) is 30.9. The summed E-state index contributed by atoms with van der Waals surface area (Å²) < 4.78 is 7.11. The third-order valence-corrected chi connectivity index (χ3v) is 7.48. The molecular formula is C32H33N7O4. The summed E-state index contributed by atoms with van der Waals surface area (Å²) in [6.45, 7) is 8.64. The Kier molecular flexibility index (Phi) is 7.90. The Bertz CT molecular complexity index is 1880. The number of hydrogen-bond acceptors (Lipinski definition) is 9. The molecule has 11 nitrogen and oxygen atoms in total. The molecule has 0 saturated carbocycles. The molecule has 11 heteroatoms. The Morgan fingerprint density at radius 2 is 1.74 bits per heavy atom. The zero-order valence-electron chi connectivity index (χ0n) is 24.7. The number of ketones is 1. The van der Waals surface area contributed by atoms with Gasteiger partial charge < -0.3 is 15.5 Å². The Morgan fingerprint density at radius 3 is 2.47 bits per heavy atom. The summed E-state index contributed by atoms with van der Waals surface area (Å²) in [5, 5.41) is 11.9. The molecule has 0 bridgehead atoms. The van der Waals surface area contributed by atoms with Crippen LogP contribution in [-0.4, -0.2) is 42.5 Å². The topological polar surface area (TPSA) is 159 Å². The molecule has 0 aliphatic rings. The summed E-state index contributed by atoms with van der Waals surface area (Å²) in [6.07, 6.45) is 1.75. The number of benzene rings is 2. The number of rotatable bonds is 9. The SMILES string of the molecule is Cc1nc(-c2ccccc2)n(CC(=O)N[C@H](C(=O)c2nnc(C(C)(C)c3cnc4ccccc4c3)o2)C(C)C)c(=O)c1N. The van der Waals surface area contributed by atoms with Crippen molar-refractivity contribution in [3.05, 3.63) is 100 Å². The van der Waals surface area contributed by atoms with Crippen molar-refractivity contribution in [3.63, 3.8) is 0 Å². The van der Waals surface area contributed by atoms with E-state index in [1.807, 2.05) is 62.4 Å². The maximum Gasteiger partial charge on any atom is 0.286 e. The van der Waals surface area contributed by atoms with Gasteiger partial charge in [-0.25, -0.2) is 4.98 Å². The molecule has 0 saturated heterocycles. The molecule has 5 rings (SSSR count). The third-order valence-electron chi connectivity index (χ3n) is 7.48. The molecule has 2 aromatic carbocycles. The van der Waals surface area contributed by atoms with Crippen LogP contribution in [0.2, 0.25) is 0 Å². The van der Waals surface area contributed by atoms with Crippen LogP contribution in [0.15, 0.2) is 76.1 Å². The third kappa shape index (κ3) is 5.78. The highest BCUT2D eigenvalue weighted by atomic mass is 16.4. The van der Waals surface area contributed by atoms with Gasteiger partial charge in [-0.1, -0.05) is 62.4 Å². The lowest BCUT2D eigenvalue weighted by atomic mass is 9.85. The first-order chi connectivity index (χ1) is 20.5. The van der Waals surface area contributed by atoms with Crippen LogP contribution in [0.3, 0.4) is 0 Å². The molecule has 1 atom stereocenters. The maximum absolute atomic E-state index is 13.6. The van der Waals surface area contributed by atoms with E-state index in [9.17, 15) is 14.4 Å². The number of nitrogen functional groups attached to an aromatic ring is 1. The van der Waals surface area contributed by atoms with Crippen molar-refractivity contribution in [1.29, 1.82) is 0 Å². The molecule has 5 aromatic rings.